The molecule has 2 aromatic rings. The van der Waals surface area contributed by atoms with Crippen LogP contribution in [0.3, 0.4) is 0 Å². The first-order valence-corrected chi connectivity index (χ1v) is 9.03. The van der Waals surface area contributed by atoms with E-state index in [1.54, 1.807) is 0 Å². The van der Waals surface area contributed by atoms with Crippen molar-refractivity contribution >= 4 is 36.8 Å². The van der Waals surface area contributed by atoms with Gasteiger partial charge >= 0.3 is 0 Å². The molecular weight excluding hydrogens is 344 g/mol. The number of ketones is 1. The lowest BCUT2D eigenvalue weighted by Crippen LogP contribution is -2.15. The minimum atomic E-state index is -5.12. The van der Waals surface area contributed by atoms with Gasteiger partial charge in [0.05, 0.1) is 0 Å². The van der Waals surface area contributed by atoms with Crippen molar-refractivity contribution in [1.82, 2.24) is 0 Å². The zero-order chi connectivity index (χ0) is 17.6. The molecule has 0 radical (unpaired) electrons. The number of rotatable bonds is 4. The van der Waals surface area contributed by atoms with E-state index in [1.807, 2.05) is 0 Å². The third-order valence-corrected chi connectivity index (χ3v) is 5.11. The number of hydrogen-bond acceptors (Lipinski definition) is 5. The molecule has 0 saturated heterocycles. The van der Waals surface area contributed by atoms with Crippen molar-refractivity contribution < 1.29 is 30.7 Å². The van der Waals surface area contributed by atoms with E-state index >= 15 is 0 Å². The highest BCUT2D eigenvalue weighted by molar-refractivity contribution is 7.89. The molecule has 0 bridgehead atoms. The van der Waals surface area contributed by atoms with E-state index in [4.69, 9.17) is 0 Å². The third kappa shape index (κ3) is 3.17. The van der Waals surface area contributed by atoms with Crippen LogP contribution in [0.15, 0.2) is 52.3 Å². The van der Waals surface area contributed by atoms with Gasteiger partial charge < -0.3 is 0 Å². The molecule has 0 unspecified atom stereocenters. The summed E-state index contributed by atoms with van der Waals surface area (Å²) in [5.74, 6) is -0.867. The van der Waals surface area contributed by atoms with E-state index in [-0.39, 0.29) is 16.3 Å². The maximum absolute atomic E-state index is 12.2. The van der Waals surface area contributed by atoms with Crippen LogP contribution >= 0.6 is 0 Å². The molecule has 122 valence electrons. The number of hydrogen-bond donors (Lipinski definition) is 2. The molecule has 0 fully saturated rings. The number of benzene rings is 2. The smallest absolute Gasteiger partial charge is 0.289 e. The molecule has 0 atom stereocenters. The van der Waals surface area contributed by atoms with E-state index in [0.29, 0.717) is 0 Å². The number of allylic oxidation sites excluding steroid dienone is 1. The van der Waals surface area contributed by atoms with Crippen LogP contribution in [0.1, 0.15) is 17.3 Å². The Labute approximate surface area is 132 Å². The number of carbonyl (C=O) groups is 1. The zero-order valence-corrected chi connectivity index (χ0v) is 13.5. The predicted molar refractivity (Wildman–Crippen MR) is 82.7 cm³/mol. The van der Waals surface area contributed by atoms with Crippen molar-refractivity contribution in [2.75, 3.05) is 0 Å². The van der Waals surface area contributed by atoms with E-state index in [2.05, 4.69) is 6.58 Å². The highest BCUT2D eigenvalue weighted by Crippen LogP contribution is 2.34. The van der Waals surface area contributed by atoms with Crippen LogP contribution in [-0.2, 0) is 20.2 Å². The van der Waals surface area contributed by atoms with Crippen LogP contribution in [0.5, 0.6) is 0 Å². The Bertz CT molecular complexity index is 1050. The predicted octanol–water partition coefficient (Wildman–Crippen LogP) is 2.09. The monoisotopic (exact) mass is 356 g/mol. The van der Waals surface area contributed by atoms with Crippen LogP contribution in [-0.4, -0.2) is 31.7 Å². The Morgan fingerprint density at radius 2 is 1.52 bits per heavy atom. The molecule has 9 heteroatoms. The molecular formula is C14H12O7S2. The molecule has 0 aliphatic rings. The van der Waals surface area contributed by atoms with E-state index in [1.165, 1.54) is 31.2 Å². The minimum absolute atomic E-state index is 0.0635. The van der Waals surface area contributed by atoms with Gasteiger partial charge in [-0.05, 0) is 23.9 Å². The Morgan fingerprint density at radius 1 is 1.00 bits per heavy atom. The molecule has 0 heterocycles. The Kier molecular flexibility index (Phi) is 4.16. The molecule has 0 aliphatic carbocycles. The summed E-state index contributed by atoms with van der Waals surface area (Å²) in [6, 6.07) is 6.78. The Hall–Kier alpha value is -2.07. The first kappa shape index (κ1) is 17.3. The summed E-state index contributed by atoms with van der Waals surface area (Å²) < 4.78 is 65.6. The summed E-state index contributed by atoms with van der Waals surface area (Å²) in [7, 11) is -10.2. The first-order valence-electron chi connectivity index (χ1n) is 6.15. The standard InChI is InChI=1S/C14H12O7S2/c1-8(2)12(15)11-7-9-5-3-4-6-10(9)13(22(16,17)18)14(11)23(19,20)21/h3-7H,1H2,2H3,(H,16,17,18)(H,19,20,21). The fourth-order valence-corrected chi connectivity index (χ4v) is 4.42. The van der Waals surface area contributed by atoms with Gasteiger partial charge in [0.1, 0.15) is 9.79 Å². The van der Waals surface area contributed by atoms with E-state index in [0.717, 1.165) is 6.07 Å². The van der Waals surface area contributed by atoms with Gasteiger partial charge in [0.15, 0.2) is 5.78 Å². The maximum Gasteiger partial charge on any atom is 0.296 e. The van der Waals surface area contributed by atoms with E-state index in [9.17, 15) is 30.7 Å². The fourth-order valence-electron chi connectivity index (χ4n) is 2.21. The molecule has 0 aliphatic heterocycles. The third-order valence-electron chi connectivity index (χ3n) is 3.10. The van der Waals surface area contributed by atoms with Gasteiger partial charge in [0.2, 0.25) is 0 Å². The molecule has 0 aromatic heterocycles. The Morgan fingerprint density at radius 3 is 2.00 bits per heavy atom. The van der Waals surface area contributed by atoms with Gasteiger partial charge in [-0.3, -0.25) is 13.9 Å². The second-order valence-electron chi connectivity index (χ2n) is 4.86. The lowest BCUT2D eigenvalue weighted by atomic mass is 10.0. The normalized spacial score (nSPS) is 12.3. The average Bonchev–Trinajstić information content (AvgIpc) is 2.42. The quantitative estimate of drug-likeness (QED) is 0.488. The summed E-state index contributed by atoms with van der Waals surface area (Å²) >= 11 is 0. The Balaban J connectivity index is 3.21. The van der Waals surface area contributed by atoms with Crippen molar-refractivity contribution in [2.45, 2.75) is 16.7 Å². The second kappa shape index (κ2) is 5.53. The van der Waals surface area contributed by atoms with Gasteiger partial charge in [-0.1, -0.05) is 30.8 Å². The van der Waals surface area contributed by atoms with Gasteiger partial charge in [-0.25, -0.2) is 0 Å². The number of fused-ring (bicyclic) bond motifs is 1. The summed E-state index contributed by atoms with van der Waals surface area (Å²) in [6.07, 6.45) is 0. The van der Waals surface area contributed by atoms with Crippen molar-refractivity contribution in [3.8, 4) is 0 Å². The molecule has 0 saturated carbocycles. The van der Waals surface area contributed by atoms with Gasteiger partial charge in [-0.2, -0.15) is 16.8 Å². The summed E-state index contributed by atoms with van der Waals surface area (Å²) in [6.45, 7) is 4.69. The maximum atomic E-state index is 12.2. The summed E-state index contributed by atoms with van der Waals surface area (Å²) in [4.78, 5) is 9.98. The molecule has 2 aromatic carbocycles. The number of Topliss-reactive ketones (excluding diaryl/α,β-unsaturated/α-hetero) is 1. The van der Waals surface area contributed by atoms with Crippen LogP contribution in [0.25, 0.3) is 10.8 Å². The van der Waals surface area contributed by atoms with Crippen molar-refractivity contribution in [3.05, 3.63) is 48.0 Å². The summed E-state index contributed by atoms with van der Waals surface area (Å²) in [5, 5.41) is 0.0676. The molecule has 7 nitrogen and oxygen atoms in total. The minimum Gasteiger partial charge on any atom is -0.289 e. The van der Waals surface area contributed by atoms with Crippen molar-refractivity contribution in [2.24, 2.45) is 0 Å². The largest absolute Gasteiger partial charge is 0.296 e. The van der Waals surface area contributed by atoms with Crippen LogP contribution in [0, 0.1) is 0 Å². The highest BCUT2D eigenvalue weighted by atomic mass is 32.2. The van der Waals surface area contributed by atoms with Crippen LogP contribution in [0.2, 0.25) is 0 Å². The fraction of sp³-hybridized carbons (Fsp3) is 0.0714. The van der Waals surface area contributed by atoms with E-state index < -0.39 is 41.4 Å². The van der Waals surface area contributed by atoms with Crippen LogP contribution in [0.4, 0.5) is 0 Å². The zero-order valence-electron chi connectivity index (χ0n) is 11.8. The number of carbonyl (C=O) groups excluding carboxylic acids is 1. The van der Waals surface area contributed by atoms with Crippen molar-refractivity contribution in [1.29, 1.82) is 0 Å². The molecule has 0 amide bonds. The second-order valence-corrected chi connectivity index (χ2v) is 7.58. The van der Waals surface area contributed by atoms with Gasteiger partial charge in [0.25, 0.3) is 20.2 Å². The lowest BCUT2D eigenvalue weighted by Gasteiger charge is -2.13. The van der Waals surface area contributed by atoms with Gasteiger partial charge in [0, 0.05) is 10.9 Å². The van der Waals surface area contributed by atoms with Gasteiger partial charge in [-0.15, -0.1) is 0 Å². The first-order chi connectivity index (χ1) is 10.4. The SMILES string of the molecule is C=C(C)C(=O)c1cc2ccccc2c(S(=O)(=O)O)c1S(=O)(=O)O. The molecule has 2 N–H and O–H groups in total. The van der Waals surface area contributed by atoms with Crippen molar-refractivity contribution in [3.63, 3.8) is 0 Å². The highest BCUT2D eigenvalue weighted by Gasteiger charge is 2.32. The average molecular weight is 356 g/mol. The lowest BCUT2D eigenvalue weighted by molar-refractivity contribution is 0.103. The molecule has 2 rings (SSSR count). The summed E-state index contributed by atoms with van der Waals surface area (Å²) in [5.41, 5.74) is -0.641. The molecule has 0 spiro atoms. The topological polar surface area (TPSA) is 126 Å². The van der Waals surface area contributed by atoms with Crippen LogP contribution < -0.4 is 0 Å². The molecule has 23 heavy (non-hydrogen) atoms.